The van der Waals surface area contributed by atoms with Gasteiger partial charge >= 0.3 is 0 Å². The highest BCUT2D eigenvalue weighted by molar-refractivity contribution is 5.76. The maximum absolute atomic E-state index is 13.3. The third kappa shape index (κ3) is 2.70. The van der Waals surface area contributed by atoms with E-state index in [1.54, 1.807) is 12.1 Å². The minimum absolute atomic E-state index is 0.202. The molecule has 1 aromatic carbocycles. The lowest BCUT2D eigenvalue weighted by molar-refractivity contribution is 0.624. The minimum atomic E-state index is -0.202. The lowest BCUT2D eigenvalue weighted by Gasteiger charge is -2.05. The molecule has 1 heterocycles. The van der Waals surface area contributed by atoms with Gasteiger partial charge in [-0.1, -0.05) is 6.42 Å². The fourth-order valence-corrected chi connectivity index (χ4v) is 2.29. The topological polar surface area (TPSA) is 43.8 Å². The zero-order valence-corrected chi connectivity index (χ0v) is 10.8. The number of nitrogens with two attached hydrogens (primary N) is 1. The van der Waals surface area contributed by atoms with E-state index in [4.69, 9.17) is 5.73 Å². The van der Waals surface area contributed by atoms with Gasteiger partial charge in [-0.3, -0.25) is 0 Å². The van der Waals surface area contributed by atoms with E-state index >= 15 is 0 Å². The van der Waals surface area contributed by atoms with Gasteiger partial charge in [0.05, 0.1) is 11.0 Å². The molecule has 0 spiro atoms. The second-order valence-electron chi connectivity index (χ2n) is 4.50. The minimum Gasteiger partial charge on any atom is -0.330 e. The Morgan fingerprint density at radius 3 is 2.83 bits per heavy atom. The molecule has 0 aliphatic rings. The molecule has 0 aliphatic carbocycles. The van der Waals surface area contributed by atoms with Crippen LogP contribution in [0.25, 0.3) is 11.0 Å². The molecule has 0 saturated carbocycles. The molecule has 2 aromatic rings. The van der Waals surface area contributed by atoms with E-state index in [1.807, 2.05) is 0 Å². The zero-order chi connectivity index (χ0) is 13.0. The summed E-state index contributed by atoms with van der Waals surface area (Å²) in [5.41, 5.74) is 7.26. The van der Waals surface area contributed by atoms with Gasteiger partial charge in [0.15, 0.2) is 0 Å². The van der Waals surface area contributed by atoms with Gasteiger partial charge in [0, 0.05) is 13.0 Å². The second-order valence-corrected chi connectivity index (χ2v) is 4.50. The standard InChI is InChI=1S/C14H20FN3/c1-2-18-13-10-11(15)7-8-12(13)17-14(18)6-4-3-5-9-16/h7-8,10H,2-6,9,16H2,1H3. The Bertz CT molecular complexity index is 519. The van der Waals surface area contributed by atoms with Crippen LogP contribution in [-0.2, 0) is 13.0 Å². The van der Waals surface area contributed by atoms with Crippen LogP contribution in [0.3, 0.4) is 0 Å². The Morgan fingerprint density at radius 2 is 2.11 bits per heavy atom. The Balaban J connectivity index is 2.21. The maximum Gasteiger partial charge on any atom is 0.125 e. The van der Waals surface area contributed by atoms with Crippen molar-refractivity contribution in [2.24, 2.45) is 5.73 Å². The third-order valence-corrected chi connectivity index (χ3v) is 3.21. The molecule has 0 atom stereocenters. The van der Waals surface area contributed by atoms with E-state index in [1.165, 1.54) is 6.07 Å². The summed E-state index contributed by atoms with van der Waals surface area (Å²) in [5.74, 6) is 0.849. The number of hydrogen-bond acceptors (Lipinski definition) is 2. The molecule has 18 heavy (non-hydrogen) atoms. The van der Waals surface area contributed by atoms with Crippen LogP contribution < -0.4 is 5.73 Å². The van der Waals surface area contributed by atoms with Crippen molar-refractivity contribution in [2.75, 3.05) is 6.54 Å². The van der Waals surface area contributed by atoms with Gasteiger partial charge < -0.3 is 10.3 Å². The first-order valence-corrected chi connectivity index (χ1v) is 6.61. The highest BCUT2D eigenvalue weighted by atomic mass is 19.1. The molecule has 4 heteroatoms. The predicted octanol–water partition coefficient (Wildman–Crippen LogP) is 2.87. The molecule has 2 N–H and O–H groups in total. The number of unbranched alkanes of at least 4 members (excludes halogenated alkanes) is 2. The molecule has 1 aromatic heterocycles. The number of imidazole rings is 1. The Kier molecular flexibility index (Phi) is 4.31. The highest BCUT2D eigenvalue weighted by Gasteiger charge is 2.09. The molecule has 0 bridgehead atoms. The Hall–Kier alpha value is -1.42. The van der Waals surface area contributed by atoms with Crippen LogP contribution >= 0.6 is 0 Å². The van der Waals surface area contributed by atoms with Crippen LogP contribution in [0.4, 0.5) is 4.39 Å². The molecular formula is C14H20FN3. The van der Waals surface area contributed by atoms with Gasteiger partial charge in [0.2, 0.25) is 0 Å². The number of benzene rings is 1. The smallest absolute Gasteiger partial charge is 0.125 e. The second kappa shape index (κ2) is 5.96. The molecule has 0 amide bonds. The summed E-state index contributed by atoms with van der Waals surface area (Å²) in [4.78, 5) is 4.59. The average molecular weight is 249 g/mol. The van der Waals surface area contributed by atoms with Crippen molar-refractivity contribution in [2.45, 2.75) is 39.2 Å². The molecule has 98 valence electrons. The van der Waals surface area contributed by atoms with Crippen LogP contribution in [0.15, 0.2) is 18.2 Å². The van der Waals surface area contributed by atoms with Gasteiger partial charge in [-0.25, -0.2) is 9.37 Å². The maximum atomic E-state index is 13.3. The van der Waals surface area contributed by atoms with E-state index in [2.05, 4.69) is 16.5 Å². The fourth-order valence-electron chi connectivity index (χ4n) is 2.29. The van der Waals surface area contributed by atoms with Crippen LogP contribution in [0.1, 0.15) is 32.0 Å². The SMILES string of the molecule is CCn1c(CCCCCN)nc2ccc(F)cc21. The molecule has 0 saturated heterocycles. The van der Waals surface area contributed by atoms with Crippen LogP contribution in [-0.4, -0.2) is 16.1 Å². The van der Waals surface area contributed by atoms with Gasteiger partial charge in [-0.15, -0.1) is 0 Å². The Labute approximate surface area is 107 Å². The summed E-state index contributed by atoms with van der Waals surface area (Å²) >= 11 is 0. The van der Waals surface area contributed by atoms with Gasteiger partial charge in [0.25, 0.3) is 0 Å². The number of aryl methyl sites for hydroxylation is 2. The summed E-state index contributed by atoms with van der Waals surface area (Å²) in [5, 5.41) is 0. The summed E-state index contributed by atoms with van der Waals surface area (Å²) in [7, 11) is 0. The van der Waals surface area contributed by atoms with Crippen LogP contribution in [0.5, 0.6) is 0 Å². The van der Waals surface area contributed by atoms with Gasteiger partial charge in [-0.05, 0) is 44.5 Å². The Morgan fingerprint density at radius 1 is 1.28 bits per heavy atom. The molecule has 0 radical (unpaired) electrons. The number of hydrogen-bond donors (Lipinski definition) is 1. The summed E-state index contributed by atoms with van der Waals surface area (Å²) in [6.07, 6.45) is 4.20. The van der Waals surface area contributed by atoms with Crippen LogP contribution in [0.2, 0.25) is 0 Å². The first-order valence-electron chi connectivity index (χ1n) is 6.61. The number of rotatable bonds is 6. The summed E-state index contributed by atoms with van der Waals surface area (Å²) in [6.45, 7) is 3.64. The molecule has 2 rings (SSSR count). The first-order chi connectivity index (χ1) is 8.76. The fraction of sp³-hybridized carbons (Fsp3) is 0.500. The van der Waals surface area contributed by atoms with Crippen molar-refractivity contribution in [3.8, 4) is 0 Å². The van der Waals surface area contributed by atoms with E-state index < -0.39 is 0 Å². The summed E-state index contributed by atoms with van der Waals surface area (Å²) in [6, 6.07) is 4.78. The quantitative estimate of drug-likeness (QED) is 0.800. The molecular weight excluding hydrogens is 229 g/mol. The monoisotopic (exact) mass is 249 g/mol. The van der Waals surface area contributed by atoms with Crippen molar-refractivity contribution < 1.29 is 4.39 Å². The van der Waals surface area contributed by atoms with Crippen molar-refractivity contribution in [3.63, 3.8) is 0 Å². The molecule has 0 aliphatic heterocycles. The normalized spacial score (nSPS) is 11.3. The van der Waals surface area contributed by atoms with Crippen molar-refractivity contribution in [1.29, 1.82) is 0 Å². The van der Waals surface area contributed by atoms with Crippen molar-refractivity contribution in [3.05, 3.63) is 29.8 Å². The van der Waals surface area contributed by atoms with Crippen molar-refractivity contribution in [1.82, 2.24) is 9.55 Å². The van der Waals surface area contributed by atoms with E-state index in [9.17, 15) is 4.39 Å². The largest absolute Gasteiger partial charge is 0.330 e. The van der Waals surface area contributed by atoms with E-state index in [0.717, 1.165) is 55.6 Å². The predicted molar refractivity (Wildman–Crippen MR) is 72.0 cm³/mol. The third-order valence-electron chi connectivity index (χ3n) is 3.21. The van der Waals surface area contributed by atoms with Gasteiger partial charge in [-0.2, -0.15) is 0 Å². The van der Waals surface area contributed by atoms with Crippen LogP contribution in [0, 0.1) is 5.82 Å². The number of fused-ring (bicyclic) bond motifs is 1. The average Bonchev–Trinajstić information content (AvgIpc) is 2.71. The lowest BCUT2D eigenvalue weighted by Crippen LogP contribution is -2.03. The molecule has 0 unspecified atom stereocenters. The zero-order valence-electron chi connectivity index (χ0n) is 10.8. The highest BCUT2D eigenvalue weighted by Crippen LogP contribution is 2.19. The number of aromatic nitrogens is 2. The number of nitrogens with zero attached hydrogens (tertiary/aromatic N) is 2. The lowest BCUT2D eigenvalue weighted by atomic mass is 10.2. The van der Waals surface area contributed by atoms with E-state index in [-0.39, 0.29) is 5.82 Å². The van der Waals surface area contributed by atoms with Gasteiger partial charge in [0.1, 0.15) is 11.6 Å². The first kappa shape index (κ1) is 13.0. The number of halogens is 1. The van der Waals surface area contributed by atoms with Crippen molar-refractivity contribution >= 4 is 11.0 Å². The molecule has 0 fully saturated rings. The molecule has 3 nitrogen and oxygen atoms in total. The summed E-state index contributed by atoms with van der Waals surface area (Å²) < 4.78 is 15.4. The van der Waals surface area contributed by atoms with E-state index in [0.29, 0.717) is 0 Å².